The summed E-state index contributed by atoms with van der Waals surface area (Å²) >= 11 is 0. The van der Waals surface area contributed by atoms with Gasteiger partial charge in [0.2, 0.25) is 0 Å². The van der Waals surface area contributed by atoms with Crippen LogP contribution in [-0.2, 0) is 0 Å². The zero-order chi connectivity index (χ0) is 21.4. The van der Waals surface area contributed by atoms with E-state index in [4.69, 9.17) is 4.74 Å². The molecule has 2 aromatic rings. The van der Waals surface area contributed by atoms with Gasteiger partial charge in [0.05, 0.1) is 24.6 Å². The zero-order valence-electron chi connectivity index (χ0n) is 18.7. The highest BCUT2D eigenvalue weighted by atomic mass is 16.5. The number of benzene rings is 1. The molecule has 4 heterocycles. The number of nitrogens with zero attached hydrogens (tertiary/aromatic N) is 3. The molecule has 3 aliphatic heterocycles. The van der Waals surface area contributed by atoms with Gasteiger partial charge in [-0.3, -0.25) is 14.8 Å². The van der Waals surface area contributed by atoms with Gasteiger partial charge in [-0.05, 0) is 56.2 Å². The molecule has 5 rings (SSSR count). The average Bonchev–Trinajstić information content (AvgIpc) is 3.31. The Labute approximate surface area is 185 Å². The molecule has 6 nitrogen and oxygen atoms in total. The number of carbonyl (C=O) groups excluding carboxylic acids is 1. The number of methoxy groups -OCH3 is 1. The fourth-order valence-electron chi connectivity index (χ4n) is 6.39. The Morgan fingerprint density at radius 2 is 2.13 bits per heavy atom. The van der Waals surface area contributed by atoms with Crippen molar-refractivity contribution in [2.24, 2.45) is 11.8 Å². The van der Waals surface area contributed by atoms with Crippen molar-refractivity contribution in [2.45, 2.75) is 57.5 Å². The van der Waals surface area contributed by atoms with Crippen LogP contribution in [-0.4, -0.2) is 64.7 Å². The molecule has 0 saturated carbocycles. The summed E-state index contributed by atoms with van der Waals surface area (Å²) in [5.41, 5.74) is 2.38. The van der Waals surface area contributed by atoms with Crippen molar-refractivity contribution in [2.75, 3.05) is 26.7 Å². The Kier molecular flexibility index (Phi) is 5.74. The maximum atomic E-state index is 13.7. The summed E-state index contributed by atoms with van der Waals surface area (Å²) in [6.45, 7) is 5.28. The molecule has 1 amide bonds. The number of nitrogens with one attached hydrogen (secondary N) is 1. The fourth-order valence-corrected chi connectivity index (χ4v) is 6.39. The number of hydrogen-bond donors (Lipinski definition) is 1. The third kappa shape index (κ3) is 3.75. The van der Waals surface area contributed by atoms with Crippen LogP contribution in [0.1, 0.15) is 55.8 Å². The van der Waals surface area contributed by atoms with E-state index in [9.17, 15) is 4.79 Å². The monoisotopic (exact) mass is 422 g/mol. The average molecular weight is 423 g/mol. The lowest BCUT2D eigenvalue weighted by Crippen LogP contribution is -2.64. The molecule has 31 heavy (non-hydrogen) atoms. The predicted molar refractivity (Wildman–Crippen MR) is 121 cm³/mol. The first-order chi connectivity index (χ1) is 15.2. The number of fused-ring (bicyclic) bond motifs is 4. The molecule has 3 aliphatic rings. The molecule has 0 unspecified atom stereocenters. The van der Waals surface area contributed by atoms with Gasteiger partial charge in [0.1, 0.15) is 5.75 Å². The molecule has 4 atom stereocenters. The molecule has 3 saturated heterocycles. The zero-order valence-corrected chi connectivity index (χ0v) is 18.7. The summed E-state index contributed by atoms with van der Waals surface area (Å²) in [4.78, 5) is 18.6. The van der Waals surface area contributed by atoms with E-state index >= 15 is 0 Å². The van der Waals surface area contributed by atoms with Gasteiger partial charge in [0, 0.05) is 30.7 Å². The number of ether oxygens (including phenoxy) is 1. The van der Waals surface area contributed by atoms with Gasteiger partial charge in [-0.2, -0.15) is 5.10 Å². The minimum absolute atomic E-state index is 0.112. The lowest BCUT2D eigenvalue weighted by Gasteiger charge is -2.57. The number of rotatable bonds is 5. The quantitative estimate of drug-likeness (QED) is 0.784. The molecule has 1 aromatic carbocycles. The smallest absolute Gasteiger partial charge is 0.257 e. The molecule has 0 spiro atoms. The first kappa shape index (κ1) is 20.6. The van der Waals surface area contributed by atoms with Crippen LogP contribution in [0.4, 0.5) is 0 Å². The van der Waals surface area contributed by atoms with Gasteiger partial charge in [-0.1, -0.05) is 31.9 Å². The van der Waals surface area contributed by atoms with E-state index in [-0.39, 0.29) is 5.91 Å². The Hall–Kier alpha value is -2.34. The maximum absolute atomic E-state index is 13.7. The first-order valence-corrected chi connectivity index (χ1v) is 11.9. The summed E-state index contributed by atoms with van der Waals surface area (Å²) in [5, 5.41) is 7.29. The van der Waals surface area contributed by atoms with Gasteiger partial charge in [-0.25, -0.2) is 0 Å². The second kappa shape index (κ2) is 8.65. The van der Waals surface area contributed by atoms with Crippen LogP contribution in [0.2, 0.25) is 0 Å². The maximum Gasteiger partial charge on any atom is 0.257 e. The summed E-state index contributed by atoms with van der Waals surface area (Å²) < 4.78 is 5.37. The molecule has 166 valence electrons. The molecule has 1 N–H and O–H groups in total. The van der Waals surface area contributed by atoms with E-state index in [0.29, 0.717) is 29.5 Å². The van der Waals surface area contributed by atoms with Crippen LogP contribution in [0.15, 0.2) is 30.5 Å². The number of H-pyrrole nitrogens is 1. The van der Waals surface area contributed by atoms with Crippen molar-refractivity contribution in [1.82, 2.24) is 20.0 Å². The van der Waals surface area contributed by atoms with Crippen molar-refractivity contribution in [3.05, 3.63) is 36.0 Å². The normalized spacial score (nSPS) is 28.3. The third-order valence-corrected chi connectivity index (χ3v) is 7.72. The predicted octanol–water partition coefficient (Wildman–Crippen LogP) is 4.20. The molecule has 3 fully saturated rings. The van der Waals surface area contributed by atoms with Crippen molar-refractivity contribution < 1.29 is 9.53 Å². The summed E-state index contributed by atoms with van der Waals surface area (Å²) in [6, 6.07) is 9.09. The van der Waals surface area contributed by atoms with Gasteiger partial charge >= 0.3 is 0 Å². The molecule has 0 radical (unpaired) electrons. The molecular formula is C25H34N4O2. The van der Waals surface area contributed by atoms with E-state index < -0.39 is 0 Å². The molecule has 1 aromatic heterocycles. The SMILES string of the molecule is CCC[C@H]1[C@H]2C[C@H](CN(C(=O)c3cn[nH]c3-c3cccc(OC)c3)C2)[C@@H]2CCCCN21. The van der Waals surface area contributed by atoms with Gasteiger partial charge in [-0.15, -0.1) is 0 Å². The minimum atomic E-state index is 0.112. The van der Waals surface area contributed by atoms with Crippen LogP contribution in [0.3, 0.4) is 0 Å². The summed E-state index contributed by atoms with van der Waals surface area (Å²) in [5.74, 6) is 2.08. The Balaban J connectivity index is 1.41. The Morgan fingerprint density at radius 1 is 1.26 bits per heavy atom. The van der Waals surface area contributed by atoms with E-state index in [1.807, 2.05) is 24.3 Å². The number of likely N-dealkylation sites (tertiary alicyclic amines) is 1. The van der Waals surface area contributed by atoms with Crippen LogP contribution >= 0.6 is 0 Å². The lowest BCUT2D eigenvalue weighted by molar-refractivity contribution is -0.0670. The molecule has 0 aliphatic carbocycles. The van der Waals surface area contributed by atoms with Crippen LogP contribution < -0.4 is 4.74 Å². The number of hydrogen-bond acceptors (Lipinski definition) is 4. The van der Waals surface area contributed by atoms with E-state index in [1.165, 1.54) is 45.1 Å². The highest BCUT2D eigenvalue weighted by molar-refractivity contribution is 5.99. The topological polar surface area (TPSA) is 61.5 Å². The fraction of sp³-hybridized carbons (Fsp3) is 0.600. The van der Waals surface area contributed by atoms with E-state index in [1.54, 1.807) is 13.3 Å². The number of aromatic amines is 1. The van der Waals surface area contributed by atoms with Crippen molar-refractivity contribution in [1.29, 1.82) is 0 Å². The van der Waals surface area contributed by atoms with Crippen LogP contribution in [0.5, 0.6) is 5.75 Å². The summed E-state index contributed by atoms with van der Waals surface area (Å²) in [7, 11) is 1.66. The Bertz CT molecular complexity index is 926. The number of amides is 1. The van der Waals surface area contributed by atoms with Crippen LogP contribution in [0, 0.1) is 11.8 Å². The van der Waals surface area contributed by atoms with Crippen molar-refractivity contribution >= 4 is 5.91 Å². The van der Waals surface area contributed by atoms with E-state index in [2.05, 4.69) is 26.9 Å². The van der Waals surface area contributed by atoms with Gasteiger partial charge in [0.25, 0.3) is 5.91 Å². The second-order valence-corrected chi connectivity index (χ2v) is 9.51. The first-order valence-electron chi connectivity index (χ1n) is 11.9. The van der Waals surface area contributed by atoms with Crippen LogP contribution in [0.25, 0.3) is 11.3 Å². The second-order valence-electron chi connectivity index (χ2n) is 9.51. The molecule has 6 heteroatoms. The number of aromatic nitrogens is 2. The largest absolute Gasteiger partial charge is 0.497 e. The standard InChI is InChI=1S/C25H34N4O2/c1-3-7-22-18-12-19(23-10-4-5-11-29(22)23)16-28(15-18)25(30)21-14-26-27-24(21)17-8-6-9-20(13-17)31-2/h6,8-9,13-14,18-19,22-23H,3-5,7,10-12,15-16H2,1-2H3,(H,26,27)/t18-,19+,22-,23-/m0/s1. The molecule has 2 bridgehead atoms. The Morgan fingerprint density at radius 3 is 2.97 bits per heavy atom. The number of piperidine rings is 3. The van der Waals surface area contributed by atoms with Gasteiger partial charge in [0.15, 0.2) is 0 Å². The van der Waals surface area contributed by atoms with Crippen molar-refractivity contribution in [3.63, 3.8) is 0 Å². The molecular weight excluding hydrogens is 388 g/mol. The van der Waals surface area contributed by atoms with Crippen molar-refractivity contribution in [3.8, 4) is 17.0 Å². The summed E-state index contributed by atoms with van der Waals surface area (Å²) in [6.07, 6.45) is 9.39. The van der Waals surface area contributed by atoms with Gasteiger partial charge < -0.3 is 9.64 Å². The highest BCUT2D eigenvalue weighted by Gasteiger charge is 2.47. The third-order valence-electron chi connectivity index (χ3n) is 7.72. The number of carbonyl (C=O) groups is 1. The minimum Gasteiger partial charge on any atom is -0.497 e. The van der Waals surface area contributed by atoms with E-state index in [0.717, 1.165) is 30.1 Å². The highest BCUT2D eigenvalue weighted by Crippen LogP contribution is 2.43. The lowest BCUT2D eigenvalue weighted by atomic mass is 9.71.